The Labute approximate surface area is 406 Å². The molecule has 0 radical (unpaired) electrons. The van der Waals surface area contributed by atoms with Crippen molar-refractivity contribution >= 4 is 11.0 Å². The van der Waals surface area contributed by atoms with Gasteiger partial charge in [0.15, 0.2) is 11.6 Å². The Hall–Kier alpha value is -9.32. The highest BCUT2D eigenvalue weighted by Gasteiger charge is 2.46. The molecule has 1 aliphatic rings. The smallest absolute Gasteiger partial charge is 0.164 e. The monoisotopic (exact) mass is 893 g/mol. The van der Waals surface area contributed by atoms with E-state index in [2.05, 4.69) is 216 Å². The number of benzene rings is 9. The SMILES string of the molecule is c1ccc(-c2nc(-c3ccc(-c4ccc(-c5ccc(-n6c(-c7ccccn7)nc7ccccc76)cc5)cc4)cc3)cc(-c3cccc4c3-c3ccccc3C4(c3ccccc3)c3ccccc3)n2)cc1. The number of hydrogen-bond acceptors (Lipinski definition) is 4. The van der Waals surface area contributed by atoms with Crippen LogP contribution in [-0.4, -0.2) is 24.5 Å². The highest BCUT2D eigenvalue weighted by Crippen LogP contribution is 2.58. The molecule has 0 amide bonds. The molecule has 70 heavy (non-hydrogen) atoms. The first-order valence-electron chi connectivity index (χ1n) is 23.7. The Bertz CT molecular complexity index is 3790. The van der Waals surface area contributed by atoms with Crippen molar-refractivity contribution < 1.29 is 0 Å². The van der Waals surface area contributed by atoms with Crippen molar-refractivity contribution in [3.05, 3.63) is 283 Å². The van der Waals surface area contributed by atoms with Crippen molar-refractivity contribution in [3.8, 4) is 84.5 Å². The van der Waals surface area contributed by atoms with Gasteiger partial charge in [-0.1, -0.05) is 212 Å². The van der Waals surface area contributed by atoms with Crippen LogP contribution in [0.25, 0.3) is 95.5 Å². The number of para-hydroxylation sites is 2. The zero-order valence-electron chi connectivity index (χ0n) is 38.1. The standard InChI is InChI=1S/C65H43N5/c1-4-17-49(18-5-1)63-67-59(43-60(68-63)54-24-16-26-56-62(54)53-23-10-11-25-55(53)65(56,50-19-6-2-7-20-50)51-21-8-3-9-22-51)48-36-34-46(35-37-48)44-30-32-45(33-31-44)47-38-40-52(41-39-47)70-61-29-13-12-27-57(61)69-64(70)58-28-14-15-42-66-58/h1-43H. The molecule has 9 aromatic carbocycles. The van der Waals surface area contributed by atoms with Crippen molar-refractivity contribution in [2.24, 2.45) is 0 Å². The molecule has 0 unspecified atom stereocenters. The molecule has 0 aliphatic heterocycles. The normalized spacial score (nSPS) is 12.4. The largest absolute Gasteiger partial charge is 0.291 e. The van der Waals surface area contributed by atoms with Crippen LogP contribution in [-0.2, 0) is 5.41 Å². The van der Waals surface area contributed by atoms with Gasteiger partial charge in [-0.3, -0.25) is 9.55 Å². The fourth-order valence-electron chi connectivity index (χ4n) is 10.6. The molecule has 1 aliphatic carbocycles. The molecule has 0 N–H and O–H groups in total. The average molecular weight is 894 g/mol. The van der Waals surface area contributed by atoms with E-state index in [0.717, 1.165) is 78.6 Å². The van der Waals surface area contributed by atoms with Crippen LogP contribution in [0.2, 0.25) is 0 Å². The van der Waals surface area contributed by atoms with Crippen molar-refractivity contribution in [2.45, 2.75) is 5.41 Å². The van der Waals surface area contributed by atoms with E-state index in [0.29, 0.717) is 5.82 Å². The van der Waals surface area contributed by atoms with Gasteiger partial charge in [-0.15, -0.1) is 0 Å². The second kappa shape index (κ2) is 17.1. The van der Waals surface area contributed by atoms with Crippen LogP contribution in [0, 0.1) is 0 Å². The van der Waals surface area contributed by atoms with Gasteiger partial charge in [0.05, 0.1) is 27.8 Å². The van der Waals surface area contributed by atoms with E-state index in [9.17, 15) is 0 Å². The van der Waals surface area contributed by atoms with Crippen molar-refractivity contribution in [2.75, 3.05) is 0 Å². The van der Waals surface area contributed by atoms with Crippen LogP contribution in [0.3, 0.4) is 0 Å². The lowest BCUT2D eigenvalue weighted by atomic mass is 9.67. The molecule has 13 rings (SSSR count). The summed E-state index contributed by atoms with van der Waals surface area (Å²) in [5, 5.41) is 0. The second-order valence-electron chi connectivity index (χ2n) is 17.8. The molecular formula is C65H43N5. The minimum absolute atomic E-state index is 0.511. The third-order valence-electron chi connectivity index (χ3n) is 13.8. The number of fused-ring (bicyclic) bond motifs is 4. The molecule has 0 saturated carbocycles. The number of nitrogens with zero attached hydrogens (tertiary/aromatic N) is 5. The van der Waals surface area contributed by atoms with Crippen LogP contribution >= 0.6 is 0 Å². The van der Waals surface area contributed by atoms with Gasteiger partial charge >= 0.3 is 0 Å². The summed E-state index contributed by atoms with van der Waals surface area (Å²) >= 11 is 0. The molecule has 328 valence electrons. The number of hydrogen-bond donors (Lipinski definition) is 0. The molecule has 0 fully saturated rings. The van der Waals surface area contributed by atoms with Crippen LogP contribution in [0.15, 0.2) is 261 Å². The molecule has 12 aromatic rings. The number of imidazole rings is 1. The highest BCUT2D eigenvalue weighted by atomic mass is 15.1. The molecule has 3 heterocycles. The molecule has 0 spiro atoms. The lowest BCUT2D eigenvalue weighted by Crippen LogP contribution is -2.28. The second-order valence-corrected chi connectivity index (χ2v) is 17.8. The van der Waals surface area contributed by atoms with Crippen LogP contribution in [0.4, 0.5) is 0 Å². The topological polar surface area (TPSA) is 56.5 Å². The fraction of sp³-hybridized carbons (Fsp3) is 0.0154. The first-order valence-corrected chi connectivity index (χ1v) is 23.7. The molecular weight excluding hydrogens is 851 g/mol. The van der Waals surface area contributed by atoms with Gasteiger partial charge in [0.2, 0.25) is 0 Å². The fourth-order valence-corrected chi connectivity index (χ4v) is 10.6. The first kappa shape index (κ1) is 40.9. The van der Waals surface area contributed by atoms with Crippen molar-refractivity contribution in [1.29, 1.82) is 0 Å². The summed E-state index contributed by atoms with van der Waals surface area (Å²) in [6.07, 6.45) is 1.81. The van der Waals surface area contributed by atoms with Gasteiger partial charge in [0.1, 0.15) is 5.69 Å². The third-order valence-corrected chi connectivity index (χ3v) is 13.8. The highest BCUT2D eigenvalue weighted by molar-refractivity contribution is 5.95. The average Bonchev–Trinajstić information content (AvgIpc) is 3.99. The van der Waals surface area contributed by atoms with Crippen LogP contribution in [0.5, 0.6) is 0 Å². The van der Waals surface area contributed by atoms with Gasteiger partial charge < -0.3 is 0 Å². The number of pyridine rings is 1. The summed E-state index contributed by atoms with van der Waals surface area (Å²) in [5.74, 6) is 1.51. The Morgan fingerprint density at radius 3 is 1.53 bits per heavy atom. The molecule has 0 saturated heterocycles. The lowest BCUT2D eigenvalue weighted by molar-refractivity contribution is 0.768. The Kier molecular flexibility index (Phi) is 9.98. The lowest BCUT2D eigenvalue weighted by Gasteiger charge is -2.33. The Balaban J connectivity index is 0.849. The Morgan fingerprint density at radius 1 is 0.343 bits per heavy atom. The van der Waals surface area contributed by atoms with E-state index in [1.54, 1.807) is 0 Å². The van der Waals surface area contributed by atoms with Gasteiger partial charge in [-0.05, 0) is 98.1 Å². The molecule has 0 bridgehead atoms. The van der Waals surface area contributed by atoms with E-state index < -0.39 is 5.41 Å². The van der Waals surface area contributed by atoms with E-state index in [4.69, 9.17) is 15.0 Å². The quantitative estimate of drug-likeness (QED) is 0.145. The predicted octanol–water partition coefficient (Wildman–Crippen LogP) is 15.6. The van der Waals surface area contributed by atoms with Crippen molar-refractivity contribution in [3.63, 3.8) is 0 Å². The molecule has 5 nitrogen and oxygen atoms in total. The molecule has 3 aromatic heterocycles. The number of rotatable bonds is 9. The van der Waals surface area contributed by atoms with E-state index in [-0.39, 0.29) is 0 Å². The summed E-state index contributed by atoms with van der Waals surface area (Å²) in [7, 11) is 0. The maximum atomic E-state index is 5.37. The minimum atomic E-state index is -0.511. The van der Waals surface area contributed by atoms with Gasteiger partial charge in [0, 0.05) is 28.6 Å². The van der Waals surface area contributed by atoms with Crippen LogP contribution in [0.1, 0.15) is 22.3 Å². The maximum absolute atomic E-state index is 5.37. The zero-order chi connectivity index (χ0) is 46.4. The van der Waals surface area contributed by atoms with E-state index >= 15 is 0 Å². The van der Waals surface area contributed by atoms with Gasteiger partial charge in [0.25, 0.3) is 0 Å². The van der Waals surface area contributed by atoms with Gasteiger partial charge in [-0.2, -0.15) is 0 Å². The minimum Gasteiger partial charge on any atom is -0.291 e. The summed E-state index contributed by atoms with van der Waals surface area (Å²) in [6.45, 7) is 0. The molecule has 0 atom stereocenters. The summed E-state index contributed by atoms with van der Waals surface area (Å²) in [6, 6.07) is 90.4. The maximum Gasteiger partial charge on any atom is 0.164 e. The third kappa shape index (κ3) is 6.86. The number of aromatic nitrogens is 5. The summed E-state index contributed by atoms with van der Waals surface area (Å²) in [5.41, 5.74) is 20.1. The first-order chi connectivity index (χ1) is 34.7. The van der Waals surface area contributed by atoms with E-state index in [1.807, 2.05) is 54.7 Å². The predicted molar refractivity (Wildman–Crippen MR) is 284 cm³/mol. The zero-order valence-corrected chi connectivity index (χ0v) is 38.1. The van der Waals surface area contributed by atoms with E-state index in [1.165, 1.54) is 33.4 Å². The summed E-state index contributed by atoms with van der Waals surface area (Å²) < 4.78 is 2.19. The molecule has 5 heteroatoms. The van der Waals surface area contributed by atoms with Crippen molar-refractivity contribution in [1.82, 2.24) is 24.5 Å². The van der Waals surface area contributed by atoms with Gasteiger partial charge in [-0.25, -0.2) is 15.0 Å². The summed E-state index contributed by atoms with van der Waals surface area (Å²) in [4.78, 5) is 20.2. The Morgan fingerprint density at radius 2 is 0.871 bits per heavy atom. The van der Waals surface area contributed by atoms with Crippen LogP contribution < -0.4 is 0 Å².